The Hall–Kier alpha value is -4.34. The monoisotopic (exact) mass is 701 g/mol. The summed E-state index contributed by atoms with van der Waals surface area (Å²) < 4.78 is 35.6. The van der Waals surface area contributed by atoms with E-state index in [1.807, 2.05) is 56.3 Å². The first-order valence-corrected chi connectivity index (χ1v) is 18.5. The second-order valence-corrected chi connectivity index (χ2v) is 15.0. The number of rotatable bonds is 13. The van der Waals surface area contributed by atoms with Crippen molar-refractivity contribution in [2.45, 2.75) is 75.9 Å². The molecule has 1 saturated carbocycles. The van der Waals surface area contributed by atoms with E-state index >= 15 is 0 Å². The Morgan fingerprint density at radius 3 is 2.20 bits per heavy atom. The highest BCUT2D eigenvalue weighted by Crippen LogP contribution is 2.34. The quantitative estimate of drug-likeness (QED) is 0.159. The van der Waals surface area contributed by atoms with Crippen molar-refractivity contribution < 1.29 is 22.7 Å². The number of hydrogen-bond donors (Lipinski definition) is 1. The maximum atomic E-state index is 14.8. The fraction of sp³-hybridized carbons (Fsp3) is 0.333. The van der Waals surface area contributed by atoms with Gasteiger partial charge in [0, 0.05) is 24.0 Å². The van der Waals surface area contributed by atoms with Gasteiger partial charge in [0.2, 0.25) is 11.8 Å². The van der Waals surface area contributed by atoms with Crippen LogP contribution in [0.2, 0.25) is 5.02 Å². The van der Waals surface area contributed by atoms with Gasteiger partial charge in [-0.15, -0.1) is 0 Å². The molecule has 49 heavy (non-hydrogen) atoms. The molecule has 0 heterocycles. The van der Waals surface area contributed by atoms with Gasteiger partial charge in [-0.1, -0.05) is 97.1 Å². The maximum Gasteiger partial charge on any atom is 0.264 e. The first-order chi connectivity index (χ1) is 23.5. The molecule has 1 N–H and O–H groups in total. The van der Waals surface area contributed by atoms with Crippen molar-refractivity contribution in [2.75, 3.05) is 18.0 Å². The molecular formula is C39H44ClN3O5S. The van der Waals surface area contributed by atoms with Crippen LogP contribution >= 0.6 is 11.6 Å². The van der Waals surface area contributed by atoms with E-state index in [0.717, 1.165) is 53.1 Å². The minimum absolute atomic E-state index is 0.0117. The number of carbonyl (C=O) groups excluding carboxylic acids is 2. The fourth-order valence-corrected chi connectivity index (χ4v) is 7.91. The molecule has 10 heteroatoms. The molecule has 5 rings (SSSR count). The summed E-state index contributed by atoms with van der Waals surface area (Å²) in [6, 6.07) is 27.5. The highest BCUT2D eigenvalue weighted by atomic mass is 35.5. The Kier molecular flexibility index (Phi) is 12.0. The number of amides is 2. The molecule has 8 nitrogen and oxygen atoms in total. The summed E-state index contributed by atoms with van der Waals surface area (Å²) in [4.78, 5) is 30.6. The number of carbonyl (C=O) groups is 2. The summed E-state index contributed by atoms with van der Waals surface area (Å²) in [6.07, 6.45) is 5.19. The molecule has 258 valence electrons. The zero-order valence-electron chi connectivity index (χ0n) is 28.3. The van der Waals surface area contributed by atoms with E-state index < -0.39 is 28.5 Å². The largest absolute Gasteiger partial charge is 0.495 e. The second kappa shape index (κ2) is 16.4. The third kappa shape index (κ3) is 9.22. The van der Waals surface area contributed by atoms with Crippen molar-refractivity contribution in [1.82, 2.24) is 10.2 Å². The van der Waals surface area contributed by atoms with Crippen LogP contribution in [0, 0.1) is 13.8 Å². The molecule has 4 aromatic carbocycles. The van der Waals surface area contributed by atoms with Gasteiger partial charge in [0.25, 0.3) is 10.0 Å². The van der Waals surface area contributed by atoms with Gasteiger partial charge in [0.1, 0.15) is 18.3 Å². The number of aryl methyl sites for hydroxylation is 2. The summed E-state index contributed by atoms with van der Waals surface area (Å²) in [5, 5.41) is 3.72. The van der Waals surface area contributed by atoms with Crippen LogP contribution in [-0.4, -0.2) is 50.9 Å². The lowest BCUT2D eigenvalue weighted by molar-refractivity contribution is -0.140. The van der Waals surface area contributed by atoms with Gasteiger partial charge in [-0.05, 0) is 79.8 Å². The first kappa shape index (κ1) is 36.0. The van der Waals surface area contributed by atoms with Gasteiger partial charge >= 0.3 is 0 Å². The Balaban J connectivity index is 1.60. The predicted molar refractivity (Wildman–Crippen MR) is 194 cm³/mol. The lowest BCUT2D eigenvalue weighted by atomic mass is 9.94. The van der Waals surface area contributed by atoms with Crippen LogP contribution in [0.4, 0.5) is 5.69 Å². The summed E-state index contributed by atoms with van der Waals surface area (Å²) in [6.45, 7) is 3.19. The molecule has 1 atom stereocenters. The summed E-state index contributed by atoms with van der Waals surface area (Å²) >= 11 is 6.38. The van der Waals surface area contributed by atoms with Crippen LogP contribution in [0.1, 0.15) is 54.4 Å². The fourth-order valence-electron chi connectivity index (χ4n) is 6.28. The smallest absolute Gasteiger partial charge is 0.264 e. The predicted octanol–water partition coefficient (Wildman–Crippen LogP) is 7.25. The van der Waals surface area contributed by atoms with Crippen LogP contribution in [0.3, 0.4) is 0 Å². The second-order valence-electron chi connectivity index (χ2n) is 12.7. The van der Waals surface area contributed by atoms with E-state index in [4.69, 9.17) is 16.3 Å². The van der Waals surface area contributed by atoms with E-state index in [-0.39, 0.29) is 35.5 Å². The van der Waals surface area contributed by atoms with Crippen LogP contribution < -0.4 is 14.4 Å². The normalized spacial score (nSPS) is 14.1. The molecule has 0 bridgehead atoms. The summed E-state index contributed by atoms with van der Waals surface area (Å²) in [5.74, 6) is -0.516. The lowest BCUT2D eigenvalue weighted by Crippen LogP contribution is -2.55. The molecule has 2 amide bonds. The Morgan fingerprint density at radius 2 is 1.53 bits per heavy atom. The summed E-state index contributed by atoms with van der Waals surface area (Å²) in [7, 11) is -2.81. The Bertz CT molecular complexity index is 1840. The molecule has 0 radical (unpaired) electrons. The molecule has 1 fully saturated rings. The van der Waals surface area contributed by atoms with Crippen molar-refractivity contribution in [1.29, 1.82) is 0 Å². The van der Waals surface area contributed by atoms with Crippen molar-refractivity contribution >= 4 is 39.1 Å². The van der Waals surface area contributed by atoms with Crippen LogP contribution in [0.15, 0.2) is 102 Å². The number of benzene rings is 4. The number of anilines is 1. The zero-order valence-corrected chi connectivity index (χ0v) is 29.8. The Labute approximate surface area is 295 Å². The van der Waals surface area contributed by atoms with Gasteiger partial charge in [-0.25, -0.2) is 8.42 Å². The van der Waals surface area contributed by atoms with E-state index in [1.165, 1.54) is 24.1 Å². The van der Waals surface area contributed by atoms with Crippen LogP contribution in [-0.2, 0) is 32.6 Å². The van der Waals surface area contributed by atoms with E-state index in [0.29, 0.717) is 16.3 Å². The van der Waals surface area contributed by atoms with Gasteiger partial charge in [0.05, 0.1) is 17.7 Å². The standard InChI is InChI=1S/C39H44ClN3O5S/c1-28-17-20-34(21-18-28)49(46,47)43(35-23-29(2)19-22-37(35)48-3)27-38(44)42(26-31-13-10-14-32(40)24-31)36(25-30-11-6-4-7-12-30)39(45)41-33-15-8-5-9-16-33/h4,6-7,10-14,17-24,33,36H,5,8-9,15-16,25-27H2,1-3H3,(H,41,45)/t36-/m1/s1. The highest BCUT2D eigenvalue weighted by molar-refractivity contribution is 7.92. The van der Waals surface area contributed by atoms with Crippen molar-refractivity contribution in [2.24, 2.45) is 0 Å². The number of hydrogen-bond acceptors (Lipinski definition) is 5. The van der Waals surface area contributed by atoms with Gasteiger partial charge in [-0.3, -0.25) is 13.9 Å². The average Bonchev–Trinajstić information content (AvgIpc) is 3.09. The number of nitrogens with zero attached hydrogens (tertiary/aromatic N) is 2. The minimum atomic E-state index is -4.27. The third-order valence-electron chi connectivity index (χ3n) is 8.96. The molecule has 0 aliphatic heterocycles. The van der Waals surface area contributed by atoms with Crippen LogP contribution in [0.25, 0.3) is 0 Å². The third-order valence-corrected chi connectivity index (χ3v) is 11.0. The highest BCUT2D eigenvalue weighted by Gasteiger charge is 2.36. The number of ether oxygens (including phenoxy) is 1. The number of halogens is 1. The van der Waals surface area contributed by atoms with Crippen LogP contribution in [0.5, 0.6) is 5.75 Å². The van der Waals surface area contributed by atoms with Crippen molar-refractivity contribution in [3.8, 4) is 5.75 Å². The average molecular weight is 702 g/mol. The molecule has 0 spiro atoms. The Morgan fingerprint density at radius 1 is 0.857 bits per heavy atom. The van der Waals surface area contributed by atoms with Crippen molar-refractivity contribution in [3.63, 3.8) is 0 Å². The minimum Gasteiger partial charge on any atom is -0.495 e. The van der Waals surface area contributed by atoms with Gasteiger partial charge in [-0.2, -0.15) is 0 Å². The molecule has 1 aliphatic rings. The molecule has 1 aliphatic carbocycles. The lowest BCUT2D eigenvalue weighted by Gasteiger charge is -2.35. The SMILES string of the molecule is COc1ccc(C)cc1N(CC(=O)N(Cc1cccc(Cl)c1)[C@H](Cc1ccccc1)C(=O)NC1CCCCC1)S(=O)(=O)c1ccc(C)cc1. The molecule has 0 unspecified atom stereocenters. The maximum absolute atomic E-state index is 14.8. The first-order valence-electron chi connectivity index (χ1n) is 16.7. The topological polar surface area (TPSA) is 96.0 Å². The van der Waals surface area contributed by atoms with E-state index in [2.05, 4.69) is 5.32 Å². The van der Waals surface area contributed by atoms with Gasteiger partial charge < -0.3 is 15.0 Å². The van der Waals surface area contributed by atoms with Crippen molar-refractivity contribution in [3.05, 3.63) is 124 Å². The zero-order chi connectivity index (χ0) is 35.0. The van der Waals surface area contributed by atoms with E-state index in [1.54, 1.807) is 42.5 Å². The molecule has 4 aromatic rings. The van der Waals surface area contributed by atoms with E-state index in [9.17, 15) is 18.0 Å². The molecule has 0 aromatic heterocycles. The molecule has 0 saturated heterocycles. The number of sulfonamides is 1. The summed E-state index contributed by atoms with van der Waals surface area (Å²) in [5.41, 5.74) is 3.50. The number of methoxy groups -OCH3 is 1. The molecular weight excluding hydrogens is 658 g/mol. The van der Waals surface area contributed by atoms with Gasteiger partial charge in [0.15, 0.2) is 0 Å². The number of nitrogens with one attached hydrogen (secondary N) is 1.